The molecule has 0 aromatic heterocycles. The van der Waals surface area contributed by atoms with Crippen LogP contribution in [0.3, 0.4) is 0 Å². The van der Waals surface area contributed by atoms with Crippen molar-refractivity contribution in [2.75, 3.05) is 26.0 Å². The number of thioether (sulfide) groups is 1. The van der Waals surface area contributed by atoms with E-state index in [0.29, 0.717) is 6.54 Å². The Morgan fingerprint density at radius 1 is 1.60 bits per heavy atom. The minimum Gasteiger partial charge on any atom is -0.381 e. The molecule has 1 fully saturated rings. The number of amides is 1. The largest absolute Gasteiger partial charge is 0.381 e. The summed E-state index contributed by atoms with van der Waals surface area (Å²) < 4.78 is 5.47. The lowest BCUT2D eigenvalue weighted by molar-refractivity contribution is -0.122. The molecule has 88 valence electrons. The third-order valence-corrected chi connectivity index (χ3v) is 4.25. The molecule has 1 amide bonds. The van der Waals surface area contributed by atoms with E-state index in [1.807, 2.05) is 11.8 Å². The second-order valence-electron chi connectivity index (χ2n) is 4.01. The van der Waals surface area contributed by atoms with Crippen molar-refractivity contribution in [3.05, 3.63) is 0 Å². The third kappa shape index (κ3) is 3.66. The highest BCUT2D eigenvalue weighted by atomic mass is 32.2. The zero-order chi connectivity index (χ0) is 11.3. The van der Waals surface area contributed by atoms with Crippen LogP contribution in [0.2, 0.25) is 0 Å². The van der Waals surface area contributed by atoms with Crippen LogP contribution < -0.4 is 11.1 Å². The van der Waals surface area contributed by atoms with Gasteiger partial charge in [-0.15, -0.1) is 0 Å². The molecule has 5 heteroatoms. The van der Waals surface area contributed by atoms with Crippen LogP contribution in [0.4, 0.5) is 0 Å². The van der Waals surface area contributed by atoms with Gasteiger partial charge in [-0.3, -0.25) is 4.79 Å². The first-order valence-electron chi connectivity index (χ1n) is 5.26. The Kier molecular flexibility index (Phi) is 4.89. The fourth-order valence-corrected chi connectivity index (χ4v) is 2.40. The van der Waals surface area contributed by atoms with Gasteiger partial charge < -0.3 is 15.8 Å². The molecule has 1 aliphatic heterocycles. The van der Waals surface area contributed by atoms with Crippen LogP contribution in [0, 0.1) is 0 Å². The van der Waals surface area contributed by atoms with Gasteiger partial charge in [0.05, 0.1) is 6.04 Å². The smallest absolute Gasteiger partial charge is 0.236 e. The molecule has 0 aromatic rings. The van der Waals surface area contributed by atoms with E-state index in [1.54, 1.807) is 6.92 Å². The van der Waals surface area contributed by atoms with Gasteiger partial charge in [0.15, 0.2) is 0 Å². The minimum absolute atomic E-state index is 0.0742. The van der Waals surface area contributed by atoms with E-state index < -0.39 is 6.04 Å². The van der Waals surface area contributed by atoms with Crippen molar-refractivity contribution < 1.29 is 9.53 Å². The molecule has 0 radical (unpaired) electrons. The lowest BCUT2D eigenvalue weighted by Crippen LogP contribution is -2.48. The first-order valence-corrected chi connectivity index (χ1v) is 6.48. The fraction of sp³-hybridized carbons (Fsp3) is 0.900. The van der Waals surface area contributed by atoms with Gasteiger partial charge in [-0.1, -0.05) is 0 Å². The molecule has 4 nitrogen and oxygen atoms in total. The van der Waals surface area contributed by atoms with E-state index >= 15 is 0 Å². The molecule has 0 saturated carbocycles. The highest BCUT2D eigenvalue weighted by Crippen LogP contribution is 2.32. The Morgan fingerprint density at radius 2 is 2.20 bits per heavy atom. The molecule has 0 aromatic carbocycles. The van der Waals surface area contributed by atoms with Crippen LogP contribution >= 0.6 is 11.8 Å². The summed E-state index contributed by atoms with van der Waals surface area (Å²) >= 11 is 1.81. The first kappa shape index (κ1) is 12.8. The molecule has 3 N–H and O–H groups in total. The van der Waals surface area contributed by atoms with Gasteiger partial charge in [-0.05, 0) is 26.0 Å². The Morgan fingerprint density at radius 3 is 2.67 bits per heavy atom. The summed E-state index contributed by atoms with van der Waals surface area (Å²) in [5, 5.41) is 2.90. The number of nitrogens with two attached hydrogens (primary N) is 1. The SMILES string of the molecule is CSC1(CNC(=O)[C@@H](C)N)CCOCC1. The zero-order valence-electron chi connectivity index (χ0n) is 9.41. The summed E-state index contributed by atoms with van der Waals surface area (Å²) in [6.45, 7) is 3.97. The van der Waals surface area contributed by atoms with Crippen LogP contribution in [0.15, 0.2) is 0 Å². The second-order valence-corrected chi connectivity index (χ2v) is 5.28. The molecule has 1 heterocycles. The van der Waals surface area contributed by atoms with Gasteiger partial charge in [0.2, 0.25) is 5.91 Å². The fourth-order valence-electron chi connectivity index (χ4n) is 1.61. The lowest BCUT2D eigenvalue weighted by atomic mass is 9.99. The number of hydrogen-bond donors (Lipinski definition) is 2. The van der Waals surface area contributed by atoms with Gasteiger partial charge in [0, 0.05) is 24.5 Å². The average molecular weight is 232 g/mol. The summed E-state index contributed by atoms with van der Waals surface area (Å²) in [5.41, 5.74) is 5.49. The minimum atomic E-state index is -0.427. The Balaban J connectivity index is 2.42. The van der Waals surface area contributed by atoms with E-state index in [4.69, 9.17) is 10.5 Å². The Hall–Kier alpha value is -0.260. The number of carbonyl (C=O) groups is 1. The van der Waals surface area contributed by atoms with Gasteiger partial charge in [0.1, 0.15) is 0 Å². The van der Waals surface area contributed by atoms with Gasteiger partial charge in [-0.2, -0.15) is 11.8 Å². The quantitative estimate of drug-likeness (QED) is 0.734. The van der Waals surface area contributed by atoms with E-state index in [1.165, 1.54) is 0 Å². The molecule has 1 atom stereocenters. The number of ether oxygens (including phenoxy) is 1. The molecule has 1 rings (SSSR count). The molecular formula is C10H20N2O2S. The topological polar surface area (TPSA) is 64.4 Å². The maximum atomic E-state index is 11.4. The van der Waals surface area contributed by atoms with Crippen LogP contribution in [0.25, 0.3) is 0 Å². The van der Waals surface area contributed by atoms with Crippen LogP contribution in [0.1, 0.15) is 19.8 Å². The average Bonchev–Trinajstić information content (AvgIpc) is 2.27. The van der Waals surface area contributed by atoms with E-state index in [2.05, 4.69) is 11.6 Å². The third-order valence-electron chi connectivity index (χ3n) is 2.84. The summed E-state index contributed by atoms with van der Waals surface area (Å²) in [4.78, 5) is 11.4. The number of rotatable bonds is 4. The first-order chi connectivity index (χ1) is 7.09. The molecule has 1 saturated heterocycles. The molecule has 0 aliphatic carbocycles. The predicted molar refractivity (Wildman–Crippen MR) is 63.0 cm³/mol. The predicted octanol–water partition coefficient (Wildman–Crippen LogP) is 0.362. The van der Waals surface area contributed by atoms with E-state index in [-0.39, 0.29) is 10.7 Å². The zero-order valence-corrected chi connectivity index (χ0v) is 10.2. The van der Waals surface area contributed by atoms with Crippen LogP contribution in [-0.4, -0.2) is 42.7 Å². The van der Waals surface area contributed by atoms with Crippen molar-refractivity contribution in [3.8, 4) is 0 Å². The Labute approximate surface area is 95.3 Å². The normalized spacial score (nSPS) is 22.1. The van der Waals surface area contributed by atoms with Gasteiger partial charge >= 0.3 is 0 Å². The molecule has 0 spiro atoms. The maximum Gasteiger partial charge on any atom is 0.236 e. The standard InChI is InChI=1S/C10H20N2O2S/c1-8(11)9(13)12-7-10(15-2)3-5-14-6-4-10/h8H,3-7,11H2,1-2H3,(H,12,13)/t8-/m1/s1. The number of nitrogens with one attached hydrogen (secondary N) is 1. The highest BCUT2D eigenvalue weighted by molar-refractivity contribution is 8.00. The van der Waals surface area contributed by atoms with Crippen molar-refractivity contribution in [2.45, 2.75) is 30.6 Å². The highest BCUT2D eigenvalue weighted by Gasteiger charge is 2.32. The maximum absolute atomic E-state index is 11.4. The lowest BCUT2D eigenvalue weighted by Gasteiger charge is -2.35. The van der Waals surface area contributed by atoms with Crippen molar-refractivity contribution in [2.24, 2.45) is 5.73 Å². The Bertz CT molecular complexity index is 215. The van der Waals surface area contributed by atoms with Crippen LogP contribution in [0.5, 0.6) is 0 Å². The summed E-state index contributed by atoms with van der Waals surface area (Å²) in [6.07, 6.45) is 4.07. The van der Waals surface area contributed by atoms with Gasteiger partial charge in [0.25, 0.3) is 0 Å². The number of carbonyl (C=O) groups excluding carboxylic acids is 1. The monoisotopic (exact) mass is 232 g/mol. The summed E-state index contributed by atoms with van der Waals surface area (Å²) in [5.74, 6) is -0.0742. The van der Waals surface area contributed by atoms with E-state index in [0.717, 1.165) is 26.1 Å². The van der Waals surface area contributed by atoms with Gasteiger partial charge in [-0.25, -0.2) is 0 Å². The number of hydrogen-bond acceptors (Lipinski definition) is 4. The van der Waals surface area contributed by atoms with Crippen LogP contribution in [-0.2, 0) is 9.53 Å². The van der Waals surface area contributed by atoms with Crippen molar-refractivity contribution in [1.29, 1.82) is 0 Å². The molecule has 15 heavy (non-hydrogen) atoms. The molecular weight excluding hydrogens is 212 g/mol. The molecule has 1 aliphatic rings. The second kappa shape index (κ2) is 5.72. The summed E-state index contributed by atoms with van der Waals surface area (Å²) in [7, 11) is 0. The van der Waals surface area contributed by atoms with E-state index in [9.17, 15) is 4.79 Å². The van der Waals surface area contributed by atoms with Crippen molar-refractivity contribution >= 4 is 17.7 Å². The molecule has 0 unspecified atom stereocenters. The van der Waals surface area contributed by atoms with Crippen molar-refractivity contribution in [3.63, 3.8) is 0 Å². The van der Waals surface area contributed by atoms with Crippen molar-refractivity contribution in [1.82, 2.24) is 5.32 Å². The summed E-state index contributed by atoms with van der Waals surface area (Å²) in [6, 6.07) is -0.427. The molecule has 0 bridgehead atoms.